The third kappa shape index (κ3) is 10.2. The van der Waals surface area contributed by atoms with Gasteiger partial charge in [-0.05, 0) is 99.9 Å². The van der Waals surface area contributed by atoms with Crippen LogP contribution in [0.4, 0.5) is 5.69 Å². The van der Waals surface area contributed by atoms with Crippen LogP contribution in [0.3, 0.4) is 0 Å². The molecule has 2 aliphatic rings. The molecule has 0 aliphatic heterocycles. The largest absolute Gasteiger partial charge is 0.477 e. The zero-order chi connectivity index (χ0) is 43.8. The molecule has 2 heterocycles. The number of nitriles is 2. The average molecular weight is 850 g/mol. The molecule has 62 heavy (non-hydrogen) atoms. The van der Waals surface area contributed by atoms with Crippen molar-refractivity contribution in [2.45, 2.75) is 26.8 Å². The van der Waals surface area contributed by atoms with E-state index in [0.717, 1.165) is 53.7 Å². The van der Waals surface area contributed by atoms with Crippen molar-refractivity contribution in [3.05, 3.63) is 188 Å². The molecule has 0 amide bonds. The minimum atomic E-state index is -1.23. The lowest BCUT2D eigenvalue weighted by molar-refractivity contribution is -0.133. The van der Waals surface area contributed by atoms with E-state index in [2.05, 4.69) is 147 Å². The molecule has 4 atom stereocenters. The molecule has 0 radical (unpaired) electrons. The summed E-state index contributed by atoms with van der Waals surface area (Å²) < 4.78 is 0. The number of hydrogen-bond donors (Lipinski definition) is 2. The Bertz CT molecular complexity index is 2810. The van der Waals surface area contributed by atoms with Gasteiger partial charge in [0.2, 0.25) is 0 Å². The number of carboxylic acids is 2. The lowest BCUT2D eigenvalue weighted by atomic mass is 9.84. The van der Waals surface area contributed by atoms with E-state index in [9.17, 15) is 19.8 Å². The summed E-state index contributed by atoms with van der Waals surface area (Å²) in [6, 6.07) is 36.3. The van der Waals surface area contributed by atoms with Gasteiger partial charge in [-0.1, -0.05) is 136 Å². The first-order chi connectivity index (χ1) is 30.0. The Labute approximate surface area is 370 Å². The van der Waals surface area contributed by atoms with Gasteiger partial charge in [0.1, 0.15) is 23.3 Å². The van der Waals surface area contributed by atoms with Crippen LogP contribution in [0.1, 0.15) is 47.2 Å². The summed E-state index contributed by atoms with van der Waals surface area (Å²) in [6.45, 7) is 6.85. The molecule has 0 fully saturated rings. The number of aliphatic carboxylic acids is 2. The fraction of sp³-hybridized carbons (Fsp3) is 0.132. The van der Waals surface area contributed by atoms with Crippen LogP contribution >= 0.6 is 22.7 Å². The van der Waals surface area contributed by atoms with Crippen molar-refractivity contribution in [3.63, 3.8) is 0 Å². The number of rotatable bonds is 13. The van der Waals surface area contributed by atoms with Gasteiger partial charge in [0.25, 0.3) is 0 Å². The second-order valence-corrected chi connectivity index (χ2v) is 17.5. The zero-order valence-corrected chi connectivity index (χ0v) is 36.0. The molecule has 2 aliphatic carbocycles. The second kappa shape index (κ2) is 19.4. The highest BCUT2D eigenvalue weighted by atomic mass is 32.1. The molecule has 0 bridgehead atoms. The van der Waals surface area contributed by atoms with E-state index < -0.39 is 11.9 Å². The molecule has 2 N–H and O–H groups in total. The maximum absolute atomic E-state index is 11.2. The molecule has 5 aromatic rings. The molecule has 306 valence electrons. The first kappa shape index (κ1) is 42.8. The fourth-order valence-electron chi connectivity index (χ4n) is 7.37. The Morgan fingerprint density at radius 1 is 0.629 bits per heavy atom. The number of anilines is 1. The monoisotopic (exact) mass is 849 g/mol. The van der Waals surface area contributed by atoms with E-state index in [1.54, 1.807) is 12.1 Å². The molecule has 4 unspecified atom stereocenters. The number of benzene rings is 3. The first-order valence-electron chi connectivity index (χ1n) is 20.1. The van der Waals surface area contributed by atoms with Crippen LogP contribution in [0.15, 0.2) is 162 Å². The molecule has 7 rings (SSSR count). The summed E-state index contributed by atoms with van der Waals surface area (Å²) in [7, 11) is 0. The van der Waals surface area contributed by atoms with E-state index in [1.807, 2.05) is 36.4 Å². The molecule has 2 aromatic heterocycles. The highest BCUT2D eigenvalue weighted by Crippen LogP contribution is 2.38. The number of hydrogen-bond acceptors (Lipinski definition) is 7. The predicted octanol–water partition coefficient (Wildman–Crippen LogP) is 13.0. The van der Waals surface area contributed by atoms with Crippen LogP contribution in [0.25, 0.3) is 51.3 Å². The smallest absolute Gasteiger partial charge is 0.346 e. The lowest BCUT2D eigenvalue weighted by Gasteiger charge is -2.41. The summed E-state index contributed by atoms with van der Waals surface area (Å²) in [4.78, 5) is 28.4. The van der Waals surface area contributed by atoms with Crippen LogP contribution in [-0.4, -0.2) is 28.2 Å². The van der Waals surface area contributed by atoms with Gasteiger partial charge in [-0.2, -0.15) is 10.5 Å². The molecule has 3 aromatic carbocycles. The van der Waals surface area contributed by atoms with Gasteiger partial charge in [0.05, 0.1) is 6.04 Å². The maximum atomic E-state index is 11.2. The summed E-state index contributed by atoms with van der Waals surface area (Å²) in [6.07, 6.45) is 24.9. The van der Waals surface area contributed by atoms with Gasteiger partial charge in [0, 0.05) is 36.8 Å². The van der Waals surface area contributed by atoms with Crippen LogP contribution < -0.4 is 4.90 Å². The van der Waals surface area contributed by atoms with Crippen LogP contribution in [0.2, 0.25) is 0 Å². The molecule has 0 saturated heterocycles. The highest BCUT2D eigenvalue weighted by molar-refractivity contribution is 7.16. The Kier molecular flexibility index (Phi) is 13.4. The van der Waals surface area contributed by atoms with Crippen molar-refractivity contribution in [2.24, 2.45) is 17.8 Å². The Balaban J connectivity index is 1.03. The number of carboxylic acid groups (broad SMARTS) is 2. The molecule has 0 spiro atoms. The van der Waals surface area contributed by atoms with Crippen molar-refractivity contribution < 1.29 is 19.8 Å². The van der Waals surface area contributed by atoms with Gasteiger partial charge in [-0.15, -0.1) is 22.7 Å². The maximum Gasteiger partial charge on any atom is 0.346 e. The van der Waals surface area contributed by atoms with E-state index >= 15 is 0 Å². The fourth-order valence-corrected chi connectivity index (χ4v) is 9.29. The minimum Gasteiger partial charge on any atom is -0.477 e. The molecule has 0 saturated carbocycles. The standard InChI is InChI=1S/C53H43N3O4S2/c1-34-5-4-6-49(36(34)3)56(45-22-15-39(16-23-45)8-7-37-11-18-41(19-12-37)50-27-24-46(61-50)30-43(32-54)52(57)58)48-26-17-40(29-35(48)2)10-9-38-13-20-42(21-14-38)51-28-25-47(62-51)31-44(33-55)53(59)60/h4-31,34-36,48H,1-3H3,(H,57,58)(H,59,60)/b8-7+,10-9+,43-30-,44-31+. The van der Waals surface area contributed by atoms with Crippen LogP contribution in [0, 0.1) is 40.4 Å². The molecular weight excluding hydrogens is 807 g/mol. The molecule has 7 nitrogen and oxygen atoms in total. The average Bonchev–Trinajstić information content (AvgIpc) is 3.96. The number of carbonyl (C=O) groups is 2. The van der Waals surface area contributed by atoms with Gasteiger partial charge >= 0.3 is 11.9 Å². The van der Waals surface area contributed by atoms with Crippen LogP contribution in [-0.2, 0) is 9.59 Å². The lowest BCUT2D eigenvalue weighted by Crippen LogP contribution is -2.41. The van der Waals surface area contributed by atoms with E-state index in [-0.39, 0.29) is 23.1 Å². The summed E-state index contributed by atoms with van der Waals surface area (Å²) in [5, 5.41) is 36.6. The van der Waals surface area contributed by atoms with E-state index in [1.165, 1.54) is 40.5 Å². The summed E-state index contributed by atoms with van der Waals surface area (Å²) in [5.41, 5.74) is 8.27. The van der Waals surface area contributed by atoms with E-state index in [0.29, 0.717) is 16.7 Å². The third-order valence-corrected chi connectivity index (χ3v) is 13.2. The van der Waals surface area contributed by atoms with Crippen molar-refractivity contribution in [1.82, 2.24) is 0 Å². The van der Waals surface area contributed by atoms with Gasteiger partial charge in [0.15, 0.2) is 0 Å². The first-order valence-corrected chi connectivity index (χ1v) is 21.8. The quantitative estimate of drug-likeness (QED) is 0.0686. The van der Waals surface area contributed by atoms with Crippen LogP contribution in [0.5, 0.6) is 0 Å². The van der Waals surface area contributed by atoms with Gasteiger partial charge in [-0.3, -0.25) is 0 Å². The third-order valence-electron chi connectivity index (χ3n) is 11.0. The topological polar surface area (TPSA) is 125 Å². The number of nitrogens with zero attached hydrogens (tertiary/aromatic N) is 3. The van der Waals surface area contributed by atoms with Crippen molar-refractivity contribution in [2.75, 3.05) is 4.90 Å². The highest BCUT2D eigenvalue weighted by Gasteiger charge is 2.31. The summed E-state index contributed by atoms with van der Waals surface area (Å²) >= 11 is 2.89. The number of thiophene rings is 2. The Hall–Kier alpha value is -7.30. The predicted molar refractivity (Wildman–Crippen MR) is 255 cm³/mol. The van der Waals surface area contributed by atoms with Crippen molar-refractivity contribution >= 4 is 70.7 Å². The normalized spacial score (nSPS) is 18.9. The zero-order valence-electron chi connectivity index (χ0n) is 34.3. The van der Waals surface area contributed by atoms with Crippen molar-refractivity contribution in [3.8, 4) is 33.0 Å². The summed E-state index contributed by atoms with van der Waals surface area (Å²) in [5.74, 6) is -1.49. The Morgan fingerprint density at radius 2 is 1.11 bits per heavy atom. The Morgan fingerprint density at radius 3 is 1.58 bits per heavy atom. The van der Waals surface area contributed by atoms with Gasteiger partial charge < -0.3 is 15.1 Å². The van der Waals surface area contributed by atoms with Crippen molar-refractivity contribution in [1.29, 1.82) is 10.5 Å². The minimum absolute atomic E-state index is 0.116. The van der Waals surface area contributed by atoms with E-state index in [4.69, 9.17) is 10.5 Å². The SMILES string of the molecule is CC1C=CC=C(N(c2ccc(/C=C/c3ccc(-c4ccc(/C=C(/C#N)C(=O)O)s4)cc3)cc2)C2C=CC(/C=C/c3ccc(-c4ccc(/C=C(\C#N)C(=O)O)s4)cc3)=CC2C)C1C. The second-order valence-electron chi connectivity index (χ2n) is 15.2. The van der Waals surface area contributed by atoms with Gasteiger partial charge in [-0.25, -0.2) is 9.59 Å². The molecular formula is C53H43N3O4S2. The number of allylic oxidation sites excluding steroid dienone is 7. The molecule has 9 heteroatoms.